The number of thioether (sulfide) groups is 1. The van der Waals surface area contributed by atoms with Gasteiger partial charge in [0.25, 0.3) is 0 Å². The molecule has 0 aromatic rings. The smallest absolute Gasteiger partial charge is 0.00364 e. The van der Waals surface area contributed by atoms with Gasteiger partial charge in [0.1, 0.15) is 0 Å². The molecule has 62 valence electrons. The Balaban J connectivity index is 0.000000371. The third-order valence-corrected chi connectivity index (χ3v) is 3.10. The van der Waals surface area contributed by atoms with E-state index in [1.54, 1.807) is 0 Å². The molecule has 0 nitrogen and oxygen atoms in total. The summed E-state index contributed by atoms with van der Waals surface area (Å²) >= 11 is 2.11. The normalized spacial score (nSPS) is 24.3. The van der Waals surface area contributed by atoms with Crippen LogP contribution in [-0.4, -0.2) is 11.5 Å². The Morgan fingerprint density at radius 1 is 1.30 bits per heavy atom. The van der Waals surface area contributed by atoms with Crippen LogP contribution in [0.5, 0.6) is 0 Å². The molecule has 0 saturated carbocycles. The molecule has 0 N–H and O–H groups in total. The Kier molecular flexibility index (Phi) is 6.30. The molecule has 0 aliphatic carbocycles. The van der Waals surface area contributed by atoms with Crippen molar-refractivity contribution < 1.29 is 0 Å². The van der Waals surface area contributed by atoms with E-state index in [2.05, 4.69) is 25.6 Å². The van der Waals surface area contributed by atoms with Crippen molar-refractivity contribution in [3.8, 4) is 0 Å². The second kappa shape index (κ2) is 6.09. The van der Waals surface area contributed by atoms with Crippen molar-refractivity contribution in [2.45, 2.75) is 34.1 Å². The van der Waals surface area contributed by atoms with Crippen molar-refractivity contribution in [3.63, 3.8) is 0 Å². The molecule has 1 heteroatoms. The predicted octanol–water partition coefficient (Wildman–Crippen LogP) is 3.42. The first-order valence-corrected chi connectivity index (χ1v) is 5.54. The Bertz CT molecular complexity index is 63.1. The maximum absolute atomic E-state index is 2.33. The summed E-state index contributed by atoms with van der Waals surface area (Å²) < 4.78 is 0. The monoisotopic (exact) mass is 160 g/mol. The molecule has 0 bridgehead atoms. The summed E-state index contributed by atoms with van der Waals surface area (Å²) in [4.78, 5) is 0. The van der Waals surface area contributed by atoms with Crippen LogP contribution in [0.1, 0.15) is 34.1 Å². The highest BCUT2D eigenvalue weighted by Crippen LogP contribution is 2.28. The maximum Gasteiger partial charge on any atom is -0.00364 e. The van der Waals surface area contributed by atoms with E-state index >= 15 is 0 Å². The Morgan fingerprint density at radius 3 is 2.10 bits per heavy atom. The van der Waals surface area contributed by atoms with Gasteiger partial charge in [0.15, 0.2) is 0 Å². The number of hydrogen-bond donors (Lipinski definition) is 0. The van der Waals surface area contributed by atoms with Gasteiger partial charge in [0, 0.05) is 0 Å². The van der Waals surface area contributed by atoms with Gasteiger partial charge in [0.05, 0.1) is 0 Å². The molecule has 0 radical (unpaired) electrons. The fraction of sp³-hybridized carbons (Fsp3) is 1.00. The van der Waals surface area contributed by atoms with Gasteiger partial charge in [-0.15, -0.1) is 0 Å². The summed E-state index contributed by atoms with van der Waals surface area (Å²) in [6.07, 6.45) is 1.46. The van der Waals surface area contributed by atoms with E-state index in [0.717, 1.165) is 11.8 Å². The minimum absolute atomic E-state index is 0.921. The van der Waals surface area contributed by atoms with Crippen LogP contribution in [0.4, 0.5) is 0 Å². The van der Waals surface area contributed by atoms with Crippen LogP contribution in [0.15, 0.2) is 0 Å². The van der Waals surface area contributed by atoms with E-state index in [0.29, 0.717) is 0 Å². The predicted molar refractivity (Wildman–Crippen MR) is 51.6 cm³/mol. The Morgan fingerprint density at radius 2 is 1.90 bits per heavy atom. The van der Waals surface area contributed by atoms with Crippen LogP contribution in [0.3, 0.4) is 0 Å². The van der Waals surface area contributed by atoms with E-state index in [1.807, 2.05) is 13.8 Å². The highest BCUT2D eigenvalue weighted by atomic mass is 32.2. The van der Waals surface area contributed by atoms with E-state index in [4.69, 9.17) is 0 Å². The van der Waals surface area contributed by atoms with Crippen LogP contribution < -0.4 is 0 Å². The molecule has 1 fully saturated rings. The fourth-order valence-corrected chi connectivity index (χ4v) is 2.57. The van der Waals surface area contributed by atoms with E-state index in [1.165, 1.54) is 17.9 Å². The molecular weight excluding hydrogens is 140 g/mol. The van der Waals surface area contributed by atoms with Crippen molar-refractivity contribution in [3.05, 3.63) is 0 Å². The highest BCUT2D eigenvalue weighted by Gasteiger charge is 2.17. The molecule has 1 unspecified atom stereocenters. The third-order valence-electron chi connectivity index (χ3n) is 1.91. The van der Waals surface area contributed by atoms with Gasteiger partial charge in [-0.2, -0.15) is 11.8 Å². The first-order chi connectivity index (χ1) is 4.80. The van der Waals surface area contributed by atoms with Crippen molar-refractivity contribution in [1.82, 2.24) is 0 Å². The van der Waals surface area contributed by atoms with Gasteiger partial charge in [-0.25, -0.2) is 0 Å². The van der Waals surface area contributed by atoms with Crippen LogP contribution in [0.25, 0.3) is 0 Å². The van der Waals surface area contributed by atoms with Gasteiger partial charge in [-0.1, -0.05) is 27.7 Å². The van der Waals surface area contributed by atoms with Gasteiger partial charge in [-0.3, -0.25) is 0 Å². The molecule has 0 aromatic carbocycles. The SMILES string of the molecule is CC.CC(C)C1CCSC1. The van der Waals surface area contributed by atoms with Crippen molar-refractivity contribution in [2.24, 2.45) is 11.8 Å². The average Bonchev–Trinajstić information content (AvgIpc) is 2.42. The van der Waals surface area contributed by atoms with Crippen molar-refractivity contribution >= 4 is 11.8 Å². The first kappa shape index (κ1) is 10.3. The molecule has 0 aromatic heterocycles. The molecule has 1 rings (SSSR count). The lowest BCUT2D eigenvalue weighted by Crippen LogP contribution is -2.05. The highest BCUT2D eigenvalue weighted by molar-refractivity contribution is 7.99. The van der Waals surface area contributed by atoms with E-state index < -0.39 is 0 Å². The van der Waals surface area contributed by atoms with Crippen molar-refractivity contribution in [2.75, 3.05) is 11.5 Å². The molecule has 0 spiro atoms. The van der Waals surface area contributed by atoms with Crippen LogP contribution in [-0.2, 0) is 0 Å². The lowest BCUT2D eigenvalue weighted by Gasteiger charge is -2.10. The van der Waals surface area contributed by atoms with E-state index in [9.17, 15) is 0 Å². The quantitative estimate of drug-likeness (QED) is 0.566. The van der Waals surface area contributed by atoms with Crippen LogP contribution >= 0.6 is 11.8 Å². The lowest BCUT2D eigenvalue weighted by atomic mass is 9.96. The lowest BCUT2D eigenvalue weighted by molar-refractivity contribution is 0.430. The molecule has 0 amide bonds. The summed E-state index contributed by atoms with van der Waals surface area (Å²) in [5, 5.41) is 0. The molecule has 10 heavy (non-hydrogen) atoms. The van der Waals surface area contributed by atoms with Crippen LogP contribution in [0, 0.1) is 11.8 Å². The second-order valence-corrected chi connectivity index (χ2v) is 4.02. The zero-order valence-electron chi connectivity index (χ0n) is 7.68. The minimum Gasteiger partial charge on any atom is -0.162 e. The number of hydrogen-bond acceptors (Lipinski definition) is 1. The molecule has 1 aliphatic heterocycles. The standard InChI is InChI=1S/C7H14S.C2H6/c1-6(2)7-3-4-8-5-7;1-2/h6-7H,3-5H2,1-2H3;1-2H3. The van der Waals surface area contributed by atoms with Crippen molar-refractivity contribution in [1.29, 1.82) is 0 Å². The first-order valence-electron chi connectivity index (χ1n) is 4.38. The zero-order valence-corrected chi connectivity index (χ0v) is 8.50. The molecule has 1 aliphatic rings. The number of rotatable bonds is 1. The van der Waals surface area contributed by atoms with Crippen LogP contribution in [0.2, 0.25) is 0 Å². The van der Waals surface area contributed by atoms with Gasteiger partial charge < -0.3 is 0 Å². The molecule has 1 heterocycles. The topological polar surface area (TPSA) is 0 Å². The molecule has 1 saturated heterocycles. The molecule has 1 atom stereocenters. The second-order valence-electron chi connectivity index (χ2n) is 2.87. The summed E-state index contributed by atoms with van der Waals surface area (Å²) in [7, 11) is 0. The Labute approximate surface area is 69.8 Å². The third kappa shape index (κ3) is 3.50. The summed E-state index contributed by atoms with van der Waals surface area (Å²) in [6.45, 7) is 8.66. The van der Waals surface area contributed by atoms with Gasteiger partial charge in [-0.05, 0) is 29.8 Å². The summed E-state index contributed by atoms with van der Waals surface area (Å²) in [5.74, 6) is 4.77. The van der Waals surface area contributed by atoms with E-state index in [-0.39, 0.29) is 0 Å². The molecular formula is C9H20S. The summed E-state index contributed by atoms with van der Waals surface area (Å²) in [6, 6.07) is 0. The average molecular weight is 160 g/mol. The maximum atomic E-state index is 2.33. The van der Waals surface area contributed by atoms with Gasteiger partial charge in [0.2, 0.25) is 0 Å². The Hall–Kier alpha value is 0.350. The largest absolute Gasteiger partial charge is 0.162 e. The summed E-state index contributed by atoms with van der Waals surface area (Å²) in [5.41, 5.74) is 0. The fourth-order valence-electron chi connectivity index (χ4n) is 1.08. The zero-order chi connectivity index (χ0) is 7.98. The van der Waals surface area contributed by atoms with Gasteiger partial charge >= 0.3 is 0 Å². The minimum atomic E-state index is 0.921.